The van der Waals surface area contributed by atoms with Crippen molar-refractivity contribution >= 4 is 0 Å². The molecule has 9 atom stereocenters. The van der Waals surface area contributed by atoms with Crippen molar-refractivity contribution in [1.82, 2.24) is 0 Å². The van der Waals surface area contributed by atoms with Crippen LogP contribution in [0.4, 0.5) is 0 Å². The average molecular weight is 306 g/mol. The molecule has 5 rings (SSSR count). The zero-order valence-electron chi connectivity index (χ0n) is 13.9. The summed E-state index contributed by atoms with van der Waals surface area (Å²) in [7, 11) is 0. The number of fused-ring (bicyclic) bond motifs is 5. The number of hydrogen-bond donors (Lipinski definition) is 2. The van der Waals surface area contributed by atoms with Crippen molar-refractivity contribution in [3.63, 3.8) is 0 Å². The first-order valence-corrected chi connectivity index (χ1v) is 9.40. The van der Waals surface area contributed by atoms with Crippen LogP contribution >= 0.6 is 0 Å². The summed E-state index contributed by atoms with van der Waals surface area (Å²) in [5, 5.41) is 21.3. The number of ether oxygens (including phenoxy) is 1. The molecule has 4 saturated carbocycles. The minimum Gasteiger partial charge on any atom is -0.396 e. The molecule has 5 fully saturated rings. The van der Waals surface area contributed by atoms with Crippen LogP contribution in [0, 0.1) is 34.0 Å². The first-order valence-electron chi connectivity index (χ1n) is 9.40. The molecule has 0 aromatic rings. The first-order chi connectivity index (χ1) is 10.5. The van der Waals surface area contributed by atoms with Crippen LogP contribution in [-0.4, -0.2) is 35.1 Å². The lowest BCUT2D eigenvalue weighted by atomic mass is 9.40. The molecule has 1 saturated heterocycles. The van der Waals surface area contributed by atoms with Crippen molar-refractivity contribution in [3.8, 4) is 0 Å². The monoisotopic (exact) mass is 306 g/mol. The first kappa shape index (κ1) is 14.2. The quantitative estimate of drug-likeness (QED) is 0.732. The molecule has 22 heavy (non-hydrogen) atoms. The van der Waals surface area contributed by atoms with E-state index in [1.807, 2.05) is 0 Å². The van der Waals surface area contributed by atoms with Crippen molar-refractivity contribution < 1.29 is 14.9 Å². The Morgan fingerprint density at radius 2 is 1.95 bits per heavy atom. The summed E-state index contributed by atoms with van der Waals surface area (Å²) in [6.45, 7) is 5.01. The maximum absolute atomic E-state index is 11.2. The zero-order chi connectivity index (χ0) is 15.3. The summed E-state index contributed by atoms with van der Waals surface area (Å²) in [6, 6.07) is 0. The molecule has 1 aliphatic heterocycles. The Morgan fingerprint density at radius 3 is 2.73 bits per heavy atom. The maximum Gasteiger partial charge on any atom is 0.0928 e. The van der Waals surface area contributed by atoms with Gasteiger partial charge < -0.3 is 14.9 Å². The van der Waals surface area contributed by atoms with Gasteiger partial charge in [0.2, 0.25) is 0 Å². The molecule has 2 bridgehead atoms. The van der Waals surface area contributed by atoms with Crippen molar-refractivity contribution in [2.45, 2.75) is 77.1 Å². The van der Waals surface area contributed by atoms with Gasteiger partial charge in [0.25, 0.3) is 0 Å². The van der Waals surface area contributed by atoms with Gasteiger partial charge in [-0.15, -0.1) is 0 Å². The van der Waals surface area contributed by atoms with Crippen LogP contribution in [0.15, 0.2) is 0 Å². The van der Waals surface area contributed by atoms with Gasteiger partial charge in [-0.3, -0.25) is 0 Å². The van der Waals surface area contributed by atoms with Gasteiger partial charge in [0, 0.05) is 12.0 Å². The van der Waals surface area contributed by atoms with Crippen molar-refractivity contribution in [2.75, 3.05) is 6.61 Å². The fraction of sp³-hybridized carbons (Fsp3) is 1.00. The Hall–Kier alpha value is -0.120. The molecule has 1 heterocycles. The lowest BCUT2D eigenvalue weighted by molar-refractivity contribution is -0.219. The lowest BCUT2D eigenvalue weighted by Gasteiger charge is -2.65. The Balaban J connectivity index is 1.60. The highest BCUT2D eigenvalue weighted by molar-refractivity contribution is 5.24. The highest BCUT2D eigenvalue weighted by Crippen LogP contribution is 2.75. The smallest absolute Gasteiger partial charge is 0.0928 e. The molecular weight excluding hydrogens is 276 g/mol. The summed E-state index contributed by atoms with van der Waals surface area (Å²) >= 11 is 0. The second-order valence-electron chi connectivity index (χ2n) is 9.70. The average Bonchev–Trinajstić information content (AvgIpc) is 3.26. The van der Waals surface area contributed by atoms with E-state index in [1.165, 1.54) is 32.1 Å². The van der Waals surface area contributed by atoms with E-state index in [1.54, 1.807) is 0 Å². The SMILES string of the molecule is C[C@]1(CO)CCC[C@]2(C)[C@@H]1C[C@H](O)[C@@]13C[C@@H](CC[C@@H]21)[C@@H]1O[C@@H]13. The minimum absolute atomic E-state index is 0.00511. The van der Waals surface area contributed by atoms with E-state index < -0.39 is 0 Å². The topological polar surface area (TPSA) is 53.0 Å². The Bertz CT molecular complexity index is 507. The van der Waals surface area contributed by atoms with Crippen LogP contribution in [0.3, 0.4) is 0 Å². The minimum atomic E-state index is -0.222. The van der Waals surface area contributed by atoms with E-state index in [2.05, 4.69) is 13.8 Å². The predicted molar refractivity (Wildman–Crippen MR) is 83.2 cm³/mol. The molecule has 0 radical (unpaired) electrons. The molecule has 5 aliphatic rings. The molecule has 2 N–H and O–H groups in total. The van der Waals surface area contributed by atoms with Crippen LogP contribution in [0.5, 0.6) is 0 Å². The van der Waals surface area contributed by atoms with E-state index in [4.69, 9.17) is 4.74 Å². The van der Waals surface area contributed by atoms with Crippen LogP contribution in [0.2, 0.25) is 0 Å². The third kappa shape index (κ3) is 1.41. The van der Waals surface area contributed by atoms with E-state index in [9.17, 15) is 10.2 Å². The van der Waals surface area contributed by atoms with Gasteiger partial charge in [0.15, 0.2) is 0 Å². The summed E-state index contributed by atoms with van der Waals surface area (Å²) < 4.78 is 6.04. The third-order valence-electron chi connectivity index (χ3n) is 8.95. The van der Waals surface area contributed by atoms with Gasteiger partial charge in [0.1, 0.15) is 0 Å². The van der Waals surface area contributed by atoms with E-state index >= 15 is 0 Å². The second kappa shape index (κ2) is 4.10. The summed E-state index contributed by atoms with van der Waals surface area (Å²) in [5.41, 5.74) is 0.322. The maximum atomic E-state index is 11.2. The van der Waals surface area contributed by atoms with Gasteiger partial charge in [-0.25, -0.2) is 0 Å². The number of hydrogen-bond acceptors (Lipinski definition) is 3. The lowest BCUT2D eigenvalue weighted by Crippen LogP contribution is -2.63. The Morgan fingerprint density at radius 1 is 1.14 bits per heavy atom. The Kier molecular flexibility index (Phi) is 2.65. The van der Waals surface area contributed by atoms with Crippen molar-refractivity contribution in [1.29, 1.82) is 0 Å². The van der Waals surface area contributed by atoms with Crippen LogP contribution in [-0.2, 0) is 4.74 Å². The molecule has 0 amide bonds. The molecule has 3 nitrogen and oxygen atoms in total. The van der Waals surface area contributed by atoms with Crippen LogP contribution in [0.1, 0.15) is 58.8 Å². The van der Waals surface area contributed by atoms with Gasteiger partial charge in [0.05, 0.1) is 18.3 Å². The number of epoxide rings is 1. The van der Waals surface area contributed by atoms with Crippen molar-refractivity contribution in [2.24, 2.45) is 34.0 Å². The highest BCUT2D eigenvalue weighted by Gasteiger charge is 2.76. The normalized spacial score (nSPS) is 65.5. The van der Waals surface area contributed by atoms with Crippen molar-refractivity contribution in [3.05, 3.63) is 0 Å². The summed E-state index contributed by atoms with van der Waals surface area (Å²) in [6.07, 6.45) is 8.84. The standard InChI is InChI=1S/C19H30O3/c1-17(10-20)6-3-7-18(2)12-5-4-11-9-19(12,16-15(11)22-16)14(21)8-13(17)18/h11-16,20-21H,3-10H2,1-2H3/t11-,12+,13-,14+,15+,16+,17-,18+,19-/m1/s1. The van der Waals surface area contributed by atoms with Crippen LogP contribution < -0.4 is 0 Å². The number of aliphatic hydroxyl groups excluding tert-OH is 2. The molecule has 0 unspecified atom stereocenters. The zero-order valence-corrected chi connectivity index (χ0v) is 13.9. The van der Waals surface area contributed by atoms with Crippen LogP contribution in [0.25, 0.3) is 0 Å². The molecule has 0 aromatic carbocycles. The highest BCUT2D eigenvalue weighted by atomic mass is 16.6. The number of aliphatic hydroxyl groups is 2. The fourth-order valence-corrected chi connectivity index (χ4v) is 7.98. The summed E-state index contributed by atoms with van der Waals surface area (Å²) in [4.78, 5) is 0. The third-order valence-corrected chi connectivity index (χ3v) is 8.95. The van der Waals surface area contributed by atoms with E-state index in [-0.39, 0.29) is 29.0 Å². The molecule has 4 aliphatic carbocycles. The fourth-order valence-electron chi connectivity index (χ4n) is 7.98. The van der Waals surface area contributed by atoms with Gasteiger partial charge in [-0.1, -0.05) is 20.3 Å². The van der Waals surface area contributed by atoms with E-state index in [0.29, 0.717) is 30.0 Å². The molecule has 1 spiro atoms. The van der Waals surface area contributed by atoms with Gasteiger partial charge in [-0.05, 0) is 67.1 Å². The Labute approximate surface area is 133 Å². The molecular formula is C19H30O3. The van der Waals surface area contributed by atoms with E-state index in [0.717, 1.165) is 12.8 Å². The van der Waals surface area contributed by atoms with Gasteiger partial charge in [-0.2, -0.15) is 0 Å². The molecule has 3 heteroatoms. The largest absolute Gasteiger partial charge is 0.396 e. The predicted octanol–water partition coefficient (Wildman–Crippen LogP) is 2.74. The number of rotatable bonds is 1. The summed E-state index contributed by atoms with van der Waals surface area (Å²) in [5.74, 6) is 1.76. The molecule has 0 aromatic heterocycles. The second-order valence-corrected chi connectivity index (χ2v) is 9.70. The molecule has 124 valence electrons. The van der Waals surface area contributed by atoms with Gasteiger partial charge >= 0.3 is 0 Å².